The topological polar surface area (TPSA) is 86.1 Å². The average Bonchev–Trinajstić information content (AvgIpc) is 3.38. The molecule has 4 rings (SSSR count). The van der Waals surface area contributed by atoms with Crippen LogP contribution in [0.15, 0.2) is 52.2 Å². The van der Waals surface area contributed by atoms with Crippen LogP contribution in [-0.4, -0.2) is 27.0 Å². The van der Waals surface area contributed by atoms with Crippen molar-refractivity contribution in [1.82, 2.24) is 14.5 Å². The molecule has 1 N–H and O–H groups in total. The smallest absolute Gasteiger partial charge is 0.262 e. The van der Waals surface area contributed by atoms with Gasteiger partial charge in [-0.3, -0.25) is 14.2 Å². The van der Waals surface area contributed by atoms with Crippen molar-refractivity contribution in [3.05, 3.63) is 57.8 Å². The zero-order chi connectivity index (χ0) is 20.2. The molecule has 0 aliphatic heterocycles. The van der Waals surface area contributed by atoms with Crippen LogP contribution in [0.2, 0.25) is 0 Å². The van der Waals surface area contributed by atoms with Gasteiger partial charge in [-0.25, -0.2) is 9.97 Å². The van der Waals surface area contributed by atoms with E-state index >= 15 is 0 Å². The van der Waals surface area contributed by atoms with E-state index in [1.165, 1.54) is 33.6 Å². The van der Waals surface area contributed by atoms with Crippen LogP contribution in [-0.2, 0) is 11.3 Å². The summed E-state index contributed by atoms with van der Waals surface area (Å²) in [4.78, 5) is 34.1. The fourth-order valence-corrected chi connectivity index (χ4v) is 4.27. The summed E-state index contributed by atoms with van der Waals surface area (Å²) >= 11 is 2.78. The molecule has 1 amide bonds. The number of aromatic nitrogens is 3. The molecule has 4 aromatic rings. The van der Waals surface area contributed by atoms with Gasteiger partial charge in [0.15, 0.2) is 5.13 Å². The van der Waals surface area contributed by atoms with Gasteiger partial charge < -0.3 is 10.1 Å². The van der Waals surface area contributed by atoms with Crippen LogP contribution in [0.3, 0.4) is 0 Å². The van der Waals surface area contributed by atoms with Crippen LogP contribution in [0.1, 0.15) is 13.3 Å². The number of thiophene rings is 1. The van der Waals surface area contributed by atoms with E-state index in [4.69, 9.17) is 4.74 Å². The molecule has 0 radical (unpaired) electrons. The van der Waals surface area contributed by atoms with Crippen molar-refractivity contribution in [1.29, 1.82) is 0 Å². The Morgan fingerprint density at radius 1 is 1.21 bits per heavy atom. The SMILES string of the molecule is CCOc1ccc(-c2csc(NC(=O)CCn3cnc4sccc4c3=O)n2)cc1. The van der Waals surface area contributed by atoms with E-state index in [-0.39, 0.29) is 24.4 Å². The van der Waals surface area contributed by atoms with Gasteiger partial charge in [-0.2, -0.15) is 0 Å². The Morgan fingerprint density at radius 3 is 2.83 bits per heavy atom. The van der Waals surface area contributed by atoms with E-state index in [1.54, 1.807) is 6.07 Å². The minimum Gasteiger partial charge on any atom is -0.494 e. The summed E-state index contributed by atoms with van der Waals surface area (Å²) < 4.78 is 6.90. The fraction of sp³-hybridized carbons (Fsp3) is 0.200. The molecule has 0 unspecified atom stereocenters. The van der Waals surface area contributed by atoms with E-state index in [0.717, 1.165) is 17.0 Å². The number of hydrogen-bond acceptors (Lipinski definition) is 7. The number of nitrogens with one attached hydrogen (secondary N) is 1. The molecule has 0 spiro atoms. The normalized spacial score (nSPS) is 10.9. The Balaban J connectivity index is 1.37. The predicted octanol–water partition coefficient (Wildman–Crippen LogP) is 4.01. The molecule has 0 atom stereocenters. The molecule has 3 aromatic heterocycles. The van der Waals surface area contributed by atoms with E-state index < -0.39 is 0 Å². The summed E-state index contributed by atoms with van der Waals surface area (Å²) in [5.74, 6) is 0.611. The van der Waals surface area contributed by atoms with Gasteiger partial charge in [0.2, 0.25) is 5.91 Å². The fourth-order valence-electron chi connectivity index (χ4n) is 2.81. The van der Waals surface area contributed by atoms with Crippen LogP contribution in [0.25, 0.3) is 21.5 Å². The Bertz CT molecular complexity index is 1190. The van der Waals surface area contributed by atoms with Crippen molar-refractivity contribution < 1.29 is 9.53 Å². The van der Waals surface area contributed by atoms with Gasteiger partial charge in [0.05, 0.1) is 24.0 Å². The summed E-state index contributed by atoms with van der Waals surface area (Å²) in [6.45, 7) is 2.83. The van der Waals surface area contributed by atoms with Crippen LogP contribution in [0.5, 0.6) is 5.75 Å². The lowest BCUT2D eigenvalue weighted by Crippen LogP contribution is -2.23. The summed E-state index contributed by atoms with van der Waals surface area (Å²) in [6.07, 6.45) is 1.65. The number of hydrogen-bond donors (Lipinski definition) is 1. The number of carbonyl (C=O) groups is 1. The highest BCUT2D eigenvalue weighted by molar-refractivity contribution is 7.16. The van der Waals surface area contributed by atoms with E-state index in [0.29, 0.717) is 22.0 Å². The number of carbonyl (C=O) groups excluding carboxylic acids is 1. The quantitative estimate of drug-likeness (QED) is 0.483. The molecule has 0 aliphatic rings. The Hall–Kier alpha value is -3.04. The van der Waals surface area contributed by atoms with Crippen molar-refractivity contribution >= 4 is 43.9 Å². The molecule has 0 fully saturated rings. The molecular formula is C20H18N4O3S2. The van der Waals surface area contributed by atoms with Crippen LogP contribution >= 0.6 is 22.7 Å². The second-order valence-electron chi connectivity index (χ2n) is 6.18. The third kappa shape index (κ3) is 4.36. The first-order valence-electron chi connectivity index (χ1n) is 9.05. The van der Waals surface area contributed by atoms with Gasteiger partial charge in [0.1, 0.15) is 10.6 Å². The molecular weight excluding hydrogens is 408 g/mol. The molecule has 148 valence electrons. The largest absolute Gasteiger partial charge is 0.494 e. The summed E-state index contributed by atoms with van der Waals surface area (Å²) in [6, 6.07) is 9.42. The van der Waals surface area contributed by atoms with Crippen molar-refractivity contribution in [2.24, 2.45) is 0 Å². The Kier molecular flexibility index (Phi) is 5.68. The predicted molar refractivity (Wildman–Crippen MR) is 116 cm³/mol. The first-order chi connectivity index (χ1) is 14.1. The maximum absolute atomic E-state index is 12.4. The van der Waals surface area contributed by atoms with Crippen LogP contribution in [0, 0.1) is 0 Å². The number of ether oxygens (including phenoxy) is 1. The number of aryl methyl sites for hydroxylation is 1. The van der Waals surface area contributed by atoms with E-state index in [9.17, 15) is 9.59 Å². The van der Waals surface area contributed by atoms with Gasteiger partial charge >= 0.3 is 0 Å². The highest BCUT2D eigenvalue weighted by Gasteiger charge is 2.10. The van der Waals surface area contributed by atoms with Crippen molar-refractivity contribution in [2.45, 2.75) is 19.9 Å². The maximum atomic E-state index is 12.4. The minimum atomic E-state index is -0.199. The number of rotatable bonds is 7. The van der Waals surface area contributed by atoms with E-state index in [1.807, 2.05) is 41.9 Å². The van der Waals surface area contributed by atoms with Gasteiger partial charge in [0, 0.05) is 23.9 Å². The first-order valence-corrected chi connectivity index (χ1v) is 10.8. The summed E-state index contributed by atoms with van der Waals surface area (Å²) in [7, 11) is 0. The molecule has 1 aromatic carbocycles. The number of amides is 1. The number of fused-ring (bicyclic) bond motifs is 1. The number of thiazole rings is 1. The zero-order valence-electron chi connectivity index (χ0n) is 15.6. The molecule has 0 saturated carbocycles. The molecule has 0 saturated heterocycles. The third-order valence-corrected chi connectivity index (χ3v) is 5.82. The van der Waals surface area contributed by atoms with Gasteiger partial charge in [0.25, 0.3) is 5.56 Å². The third-order valence-electron chi connectivity index (χ3n) is 4.24. The van der Waals surface area contributed by atoms with Crippen molar-refractivity contribution in [2.75, 3.05) is 11.9 Å². The molecule has 0 bridgehead atoms. The number of benzene rings is 1. The lowest BCUT2D eigenvalue weighted by Gasteiger charge is -2.05. The summed E-state index contributed by atoms with van der Waals surface area (Å²) in [5, 5.41) is 7.63. The van der Waals surface area contributed by atoms with Gasteiger partial charge in [-0.15, -0.1) is 22.7 Å². The summed E-state index contributed by atoms with van der Waals surface area (Å²) in [5.41, 5.74) is 1.61. The van der Waals surface area contributed by atoms with E-state index in [2.05, 4.69) is 15.3 Å². The molecule has 3 heterocycles. The van der Waals surface area contributed by atoms with Crippen molar-refractivity contribution in [3.8, 4) is 17.0 Å². The zero-order valence-corrected chi connectivity index (χ0v) is 17.3. The minimum absolute atomic E-state index is 0.129. The molecule has 7 nitrogen and oxygen atoms in total. The molecule has 0 aliphatic carbocycles. The Morgan fingerprint density at radius 2 is 2.03 bits per heavy atom. The second-order valence-corrected chi connectivity index (χ2v) is 7.93. The molecule has 29 heavy (non-hydrogen) atoms. The second kappa shape index (κ2) is 8.54. The number of nitrogens with zero attached hydrogens (tertiary/aromatic N) is 3. The lowest BCUT2D eigenvalue weighted by molar-refractivity contribution is -0.116. The standard InChI is InChI=1S/C20H18N4O3S2/c1-2-27-14-5-3-13(4-6-14)16-11-29-20(22-16)23-17(25)7-9-24-12-21-18-15(19(24)26)8-10-28-18/h3-6,8,10-12H,2,7,9H2,1H3,(H,22,23,25). The Labute approximate surface area is 174 Å². The first kappa shape index (κ1) is 19.3. The number of anilines is 1. The highest BCUT2D eigenvalue weighted by atomic mass is 32.1. The van der Waals surface area contributed by atoms with Crippen LogP contribution in [0.4, 0.5) is 5.13 Å². The molecule has 9 heteroatoms. The monoisotopic (exact) mass is 426 g/mol. The van der Waals surface area contributed by atoms with Crippen LogP contribution < -0.4 is 15.6 Å². The van der Waals surface area contributed by atoms with Gasteiger partial charge in [-0.05, 0) is 42.6 Å². The van der Waals surface area contributed by atoms with Crippen molar-refractivity contribution in [3.63, 3.8) is 0 Å². The average molecular weight is 427 g/mol. The lowest BCUT2D eigenvalue weighted by atomic mass is 10.2. The highest BCUT2D eigenvalue weighted by Crippen LogP contribution is 2.26. The van der Waals surface area contributed by atoms with Gasteiger partial charge in [-0.1, -0.05) is 0 Å². The maximum Gasteiger partial charge on any atom is 0.262 e.